The Morgan fingerprint density at radius 2 is 1.71 bits per heavy atom. The van der Waals surface area contributed by atoms with Crippen LogP contribution in [0.3, 0.4) is 0 Å². The molecule has 1 amide bonds. The molecule has 6 rings (SSSR count). The van der Waals surface area contributed by atoms with Crippen LogP contribution in [0.15, 0.2) is 107 Å². The lowest BCUT2D eigenvalue weighted by molar-refractivity contribution is -0.114. The normalized spacial score (nSPS) is 16.3. The summed E-state index contributed by atoms with van der Waals surface area (Å²) in [7, 11) is 1.52. The van der Waals surface area contributed by atoms with E-state index >= 15 is 0 Å². The molecule has 0 fully saturated rings. The Bertz CT molecular complexity index is 1560. The summed E-state index contributed by atoms with van der Waals surface area (Å²) >= 11 is 1.65. The first kappa shape index (κ1) is 23.9. The Balaban J connectivity index is 1.29. The van der Waals surface area contributed by atoms with E-state index in [0.717, 1.165) is 29.1 Å². The third-order valence-electron chi connectivity index (χ3n) is 6.60. The first-order chi connectivity index (χ1) is 18.7. The van der Waals surface area contributed by atoms with Crippen LogP contribution < -0.4 is 9.91 Å². The lowest BCUT2D eigenvalue weighted by atomic mass is 9.98. The molecule has 7 heteroatoms. The second-order valence-corrected chi connectivity index (χ2v) is 10.2. The van der Waals surface area contributed by atoms with Crippen LogP contribution in [0.1, 0.15) is 16.9 Å². The van der Waals surface area contributed by atoms with E-state index in [9.17, 15) is 4.79 Å². The monoisotopic (exact) mass is 518 g/mol. The number of benzene rings is 3. The standard InChI is InChI=1S/C31H26N4O2S/c1-37-21-32-30-27(31(36)35(33-30)25-12-6-3-7-13-25)20-26-15-17-29(38-26)23-14-16-28-22(19-23)9-8-18-34(28)24-10-4-2-5-11-24/h2-7,10-17,19-21H,8-9,18H2,1H3/b27-20-,32-21+. The molecule has 188 valence electrons. The lowest BCUT2D eigenvalue weighted by Gasteiger charge is -2.31. The number of carbonyl (C=O) groups excluding carboxylic acids is 1. The Morgan fingerprint density at radius 3 is 2.47 bits per heavy atom. The number of hydrogen-bond acceptors (Lipinski definition) is 6. The molecule has 0 radical (unpaired) electrons. The van der Waals surface area contributed by atoms with Crippen molar-refractivity contribution in [2.45, 2.75) is 12.8 Å². The van der Waals surface area contributed by atoms with Crippen molar-refractivity contribution in [2.75, 3.05) is 23.6 Å². The van der Waals surface area contributed by atoms with Crippen molar-refractivity contribution < 1.29 is 9.53 Å². The summed E-state index contributed by atoms with van der Waals surface area (Å²) in [5, 5.41) is 5.83. The number of rotatable bonds is 5. The smallest absolute Gasteiger partial charge is 0.282 e. The highest BCUT2D eigenvalue weighted by atomic mass is 32.1. The summed E-state index contributed by atoms with van der Waals surface area (Å²) < 4.78 is 4.99. The van der Waals surface area contributed by atoms with E-state index in [4.69, 9.17) is 4.74 Å². The van der Waals surface area contributed by atoms with Crippen LogP contribution in [0.2, 0.25) is 0 Å². The van der Waals surface area contributed by atoms with Gasteiger partial charge in [0.05, 0.1) is 18.4 Å². The first-order valence-electron chi connectivity index (χ1n) is 12.5. The lowest BCUT2D eigenvalue weighted by Crippen LogP contribution is -2.24. The Kier molecular flexibility index (Phi) is 6.58. The number of methoxy groups -OCH3 is 1. The molecule has 3 heterocycles. The molecule has 0 unspecified atom stereocenters. The molecule has 6 nitrogen and oxygen atoms in total. The third-order valence-corrected chi connectivity index (χ3v) is 7.68. The number of anilines is 3. The summed E-state index contributed by atoms with van der Waals surface area (Å²) in [5.41, 5.74) is 6.17. The van der Waals surface area contributed by atoms with Crippen LogP contribution in [-0.4, -0.2) is 31.8 Å². The summed E-state index contributed by atoms with van der Waals surface area (Å²) in [5.74, 6) is 0.106. The van der Waals surface area contributed by atoms with Gasteiger partial charge in [-0.25, -0.2) is 0 Å². The van der Waals surface area contributed by atoms with Gasteiger partial charge in [0.1, 0.15) is 0 Å². The largest absolute Gasteiger partial charge is 0.486 e. The predicted octanol–water partition coefficient (Wildman–Crippen LogP) is 6.92. The van der Waals surface area contributed by atoms with E-state index in [0.29, 0.717) is 17.1 Å². The van der Waals surface area contributed by atoms with E-state index in [1.165, 1.54) is 41.0 Å². The number of ether oxygens (including phenoxy) is 1. The van der Waals surface area contributed by atoms with Crippen LogP contribution in [0, 0.1) is 0 Å². The fourth-order valence-corrected chi connectivity index (χ4v) is 5.77. The molecule has 0 atom stereocenters. The van der Waals surface area contributed by atoms with Gasteiger partial charge in [0.15, 0.2) is 12.2 Å². The van der Waals surface area contributed by atoms with Gasteiger partial charge in [-0.15, -0.1) is 16.4 Å². The van der Waals surface area contributed by atoms with E-state index in [1.54, 1.807) is 11.3 Å². The van der Waals surface area contributed by atoms with Gasteiger partial charge in [-0.3, -0.25) is 4.79 Å². The molecule has 0 aliphatic carbocycles. The number of fused-ring (bicyclic) bond motifs is 1. The van der Waals surface area contributed by atoms with Gasteiger partial charge in [0.2, 0.25) is 0 Å². The Labute approximate surface area is 225 Å². The van der Waals surface area contributed by atoms with Crippen LogP contribution in [0.5, 0.6) is 0 Å². The molecular weight excluding hydrogens is 492 g/mol. The van der Waals surface area contributed by atoms with Crippen LogP contribution >= 0.6 is 11.3 Å². The highest BCUT2D eigenvalue weighted by Gasteiger charge is 2.31. The van der Waals surface area contributed by atoms with Gasteiger partial charge in [-0.05, 0) is 78.6 Å². The maximum Gasteiger partial charge on any atom is 0.282 e. The molecule has 1 aromatic heterocycles. The number of hydrogen-bond donors (Lipinski definition) is 0. The number of hydrazone groups is 1. The number of amidine groups is 1. The maximum absolute atomic E-state index is 13.3. The van der Waals surface area contributed by atoms with E-state index in [2.05, 4.69) is 69.6 Å². The van der Waals surface area contributed by atoms with Gasteiger partial charge >= 0.3 is 0 Å². The Morgan fingerprint density at radius 1 is 0.947 bits per heavy atom. The molecule has 3 aromatic carbocycles. The second-order valence-electron chi connectivity index (χ2n) is 9.04. The number of carbonyl (C=O) groups is 1. The van der Waals surface area contributed by atoms with Crippen molar-refractivity contribution in [3.63, 3.8) is 0 Å². The van der Waals surface area contributed by atoms with Crippen molar-refractivity contribution in [1.29, 1.82) is 0 Å². The van der Waals surface area contributed by atoms with Gasteiger partial charge in [0.25, 0.3) is 5.91 Å². The zero-order chi connectivity index (χ0) is 25.9. The quantitative estimate of drug-likeness (QED) is 0.164. The zero-order valence-electron chi connectivity index (χ0n) is 20.9. The van der Waals surface area contributed by atoms with Gasteiger partial charge in [-0.1, -0.05) is 42.5 Å². The minimum atomic E-state index is -0.218. The van der Waals surface area contributed by atoms with Gasteiger partial charge in [0, 0.05) is 27.7 Å². The molecule has 0 saturated carbocycles. The first-order valence-corrected chi connectivity index (χ1v) is 13.3. The predicted molar refractivity (Wildman–Crippen MR) is 156 cm³/mol. The molecule has 0 N–H and O–H groups in total. The molecule has 38 heavy (non-hydrogen) atoms. The second kappa shape index (κ2) is 10.5. The van der Waals surface area contributed by atoms with Crippen molar-refractivity contribution in [3.05, 3.63) is 107 Å². The van der Waals surface area contributed by atoms with Crippen LogP contribution in [-0.2, 0) is 16.0 Å². The third kappa shape index (κ3) is 4.64. The number of amides is 1. The van der Waals surface area contributed by atoms with E-state index in [-0.39, 0.29) is 5.91 Å². The van der Waals surface area contributed by atoms with E-state index < -0.39 is 0 Å². The van der Waals surface area contributed by atoms with E-state index in [1.807, 2.05) is 42.5 Å². The fraction of sp³-hybridized carbons (Fsp3) is 0.129. The summed E-state index contributed by atoms with van der Waals surface area (Å²) in [6, 6.07) is 30.8. The topological polar surface area (TPSA) is 57.5 Å². The van der Waals surface area contributed by atoms with Crippen LogP contribution in [0.25, 0.3) is 16.5 Å². The molecule has 0 bridgehead atoms. The van der Waals surface area contributed by atoms with Crippen molar-refractivity contribution in [2.24, 2.45) is 10.1 Å². The Hall–Kier alpha value is -4.49. The number of nitrogens with zero attached hydrogens (tertiary/aromatic N) is 4. The SMILES string of the molecule is CO/C=N/C1=NN(c2ccccc2)C(=O)/C1=C\c1ccc(-c2ccc3c(c2)CCCN3c2ccccc2)s1. The zero-order valence-corrected chi connectivity index (χ0v) is 21.8. The molecular formula is C31H26N4O2S. The molecule has 0 saturated heterocycles. The van der Waals surface area contributed by atoms with Gasteiger partial charge < -0.3 is 9.64 Å². The average Bonchev–Trinajstić information content (AvgIpc) is 3.57. The number of aliphatic imine (C=N–C) groups is 1. The highest BCUT2D eigenvalue weighted by molar-refractivity contribution is 7.16. The summed E-state index contributed by atoms with van der Waals surface area (Å²) in [4.78, 5) is 22.1. The maximum atomic E-state index is 13.3. The van der Waals surface area contributed by atoms with Crippen molar-refractivity contribution >= 4 is 52.6 Å². The van der Waals surface area contributed by atoms with Crippen molar-refractivity contribution in [1.82, 2.24) is 0 Å². The number of aryl methyl sites for hydroxylation is 1. The molecule has 4 aromatic rings. The minimum Gasteiger partial charge on any atom is -0.486 e. The summed E-state index contributed by atoms with van der Waals surface area (Å²) in [6.07, 6.45) is 5.34. The molecule has 2 aliphatic heterocycles. The summed E-state index contributed by atoms with van der Waals surface area (Å²) in [6.45, 7) is 1.02. The minimum absolute atomic E-state index is 0.218. The molecule has 0 spiro atoms. The number of thiophene rings is 1. The van der Waals surface area contributed by atoms with Crippen molar-refractivity contribution in [3.8, 4) is 10.4 Å². The molecule has 2 aliphatic rings. The highest BCUT2D eigenvalue weighted by Crippen LogP contribution is 2.38. The number of para-hydroxylation sites is 2. The average molecular weight is 519 g/mol. The van der Waals surface area contributed by atoms with Gasteiger partial charge in [-0.2, -0.15) is 10.0 Å². The van der Waals surface area contributed by atoms with Crippen LogP contribution in [0.4, 0.5) is 17.1 Å². The fourth-order valence-electron chi connectivity index (χ4n) is 4.83.